The molecular weight excluding hydrogens is 562 g/mol. The lowest BCUT2D eigenvalue weighted by Crippen LogP contribution is -2.46. The Labute approximate surface area is 238 Å². The molecule has 0 saturated carbocycles. The summed E-state index contributed by atoms with van der Waals surface area (Å²) in [6, 6.07) is 8.87. The molecule has 2 saturated heterocycles. The second-order valence-corrected chi connectivity index (χ2v) is 11.8. The first-order valence-electron chi connectivity index (χ1n) is 13.5. The van der Waals surface area contributed by atoms with E-state index in [4.69, 9.17) is 9.47 Å². The van der Waals surface area contributed by atoms with Gasteiger partial charge < -0.3 is 9.47 Å². The van der Waals surface area contributed by atoms with Crippen molar-refractivity contribution in [3.05, 3.63) is 76.4 Å². The van der Waals surface area contributed by atoms with Crippen LogP contribution in [-0.2, 0) is 39.5 Å². The van der Waals surface area contributed by atoms with Gasteiger partial charge in [-0.05, 0) is 74.3 Å². The second-order valence-electron chi connectivity index (χ2n) is 10.4. The minimum absolute atomic E-state index is 0.0584. The third kappa shape index (κ3) is 7.20. The molecule has 0 amide bonds. The van der Waals surface area contributed by atoms with Gasteiger partial charge in [-0.1, -0.05) is 12.1 Å². The largest absolute Gasteiger partial charge is 0.416 e. The van der Waals surface area contributed by atoms with Crippen LogP contribution in [0.15, 0.2) is 47.4 Å². The zero-order valence-electron chi connectivity index (χ0n) is 22.9. The van der Waals surface area contributed by atoms with Crippen LogP contribution < -0.4 is 0 Å². The molecule has 1 unspecified atom stereocenters. The van der Waals surface area contributed by atoms with Gasteiger partial charge in [0.05, 0.1) is 24.3 Å². The average molecular weight is 596 g/mol. The third-order valence-corrected chi connectivity index (χ3v) is 8.45. The van der Waals surface area contributed by atoms with E-state index in [1.807, 2.05) is 0 Å². The molecule has 0 radical (unpaired) electrons. The number of morpholine rings is 1. The van der Waals surface area contributed by atoms with Gasteiger partial charge in [0.25, 0.3) is 0 Å². The Kier molecular flexibility index (Phi) is 9.19. The molecule has 1 N–H and O–H groups in total. The first-order valence-corrected chi connectivity index (χ1v) is 15.1. The van der Waals surface area contributed by atoms with Crippen molar-refractivity contribution in [1.82, 2.24) is 25.2 Å². The van der Waals surface area contributed by atoms with Crippen LogP contribution in [0.4, 0.5) is 17.6 Å². The maximum Gasteiger partial charge on any atom is 0.416 e. The number of hydrogen-bond acceptors (Lipinski definition) is 7. The fourth-order valence-electron chi connectivity index (χ4n) is 5.35. The fraction of sp³-hybridized carbons (Fsp3) is 0.500. The molecule has 0 aliphatic carbocycles. The molecule has 0 spiro atoms. The Balaban J connectivity index is 1.42. The van der Waals surface area contributed by atoms with Crippen LogP contribution >= 0.6 is 0 Å². The molecule has 4 atom stereocenters. The van der Waals surface area contributed by atoms with Crippen LogP contribution in [-0.4, -0.2) is 68.2 Å². The van der Waals surface area contributed by atoms with E-state index >= 15 is 0 Å². The molecule has 0 bridgehead atoms. The number of benzene rings is 2. The quantitative estimate of drug-likeness (QED) is 0.350. The lowest BCUT2D eigenvalue weighted by atomic mass is 10.0. The highest BCUT2D eigenvalue weighted by Crippen LogP contribution is 2.37. The summed E-state index contributed by atoms with van der Waals surface area (Å²) in [5, 5.41) is 11.5. The number of nitrogens with one attached hydrogen (secondary N) is 1. The Morgan fingerprint density at radius 1 is 1.07 bits per heavy atom. The minimum atomic E-state index is -4.61. The Morgan fingerprint density at radius 3 is 2.41 bits per heavy atom. The van der Waals surface area contributed by atoms with E-state index in [9.17, 15) is 21.8 Å². The van der Waals surface area contributed by atoms with Crippen molar-refractivity contribution >= 4 is 10.8 Å². The van der Waals surface area contributed by atoms with E-state index in [2.05, 4.69) is 25.2 Å². The molecule has 13 heteroatoms. The summed E-state index contributed by atoms with van der Waals surface area (Å²) in [5.74, 6) is -0.392. The number of aromatic amines is 1. The summed E-state index contributed by atoms with van der Waals surface area (Å²) in [5.41, 5.74) is 1.70. The molecular formula is C28H33F4N5O3S. The average Bonchev–Trinajstić information content (AvgIpc) is 3.61. The standard InChI is InChI=1S/C28H33F4N5O3S/c1-18(20-13-21(28(30,31)32)15-23(14-20)41(2)38)40-27-26(19-5-7-22(29)8-6-19)37(11-12-39-27)17-25-24(33-35-34-25)16-36-9-3-4-10-36/h5-8,13-15,18,26-27H,3-4,9-12,16-17H2,1-2H3,(H,33,34,35)/t18-,26+,27-,41?/m1/s1. The molecule has 222 valence electrons. The van der Waals surface area contributed by atoms with Crippen molar-refractivity contribution in [2.75, 3.05) is 32.5 Å². The molecule has 2 aliphatic rings. The summed E-state index contributed by atoms with van der Waals surface area (Å²) in [6.45, 7) is 5.59. The number of aromatic nitrogens is 3. The third-order valence-electron chi connectivity index (χ3n) is 7.55. The van der Waals surface area contributed by atoms with Crippen LogP contribution in [0.3, 0.4) is 0 Å². The van der Waals surface area contributed by atoms with Crippen molar-refractivity contribution < 1.29 is 31.2 Å². The summed E-state index contributed by atoms with van der Waals surface area (Å²) in [7, 11) is -1.63. The zero-order valence-corrected chi connectivity index (χ0v) is 23.7. The minimum Gasteiger partial charge on any atom is -0.349 e. The van der Waals surface area contributed by atoms with Gasteiger partial charge in [-0.2, -0.15) is 28.6 Å². The predicted octanol–water partition coefficient (Wildman–Crippen LogP) is 4.97. The van der Waals surface area contributed by atoms with Crippen LogP contribution in [0.25, 0.3) is 0 Å². The molecule has 2 fully saturated rings. The number of alkyl halides is 3. The van der Waals surface area contributed by atoms with E-state index in [1.165, 1.54) is 24.5 Å². The zero-order chi connectivity index (χ0) is 29.1. The summed E-state index contributed by atoms with van der Waals surface area (Å²) < 4.78 is 79.2. The number of halogens is 4. The molecule has 1 aromatic heterocycles. The molecule has 3 heterocycles. The van der Waals surface area contributed by atoms with Crippen LogP contribution in [0.5, 0.6) is 0 Å². The van der Waals surface area contributed by atoms with Gasteiger partial charge in [0.15, 0.2) is 6.29 Å². The monoisotopic (exact) mass is 595 g/mol. The van der Waals surface area contributed by atoms with Gasteiger partial charge in [0.2, 0.25) is 0 Å². The first-order chi connectivity index (χ1) is 19.6. The van der Waals surface area contributed by atoms with Crippen molar-refractivity contribution in [2.24, 2.45) is 0 Å². The first kappa shape index (κ1) is 29.8. The maximum atomic E-state index is 13.8. The number of ether oxygens (including phenoxy) is 2. The molecule has 2 aromatic carbocycles. The van der Waals surface area contributed by atoms with E-state index in [-0.39, 0.29) is 10.5 Å². The number of likely N-dealkylation sites (tertiary alicyclic amines) is 1. The smallest absolute Gasteiger partial charge is 0.349 e. The summed E-state index contributed by atoms with van der Waals surface area (Å²) in [6.07, 6.45) is -2.68. The van der Waals surface area contributed by atoms with Crippen molar-refractivity contribution in [1.29, 1.82) is 0 Å². The van der Waals surface area contributed by atoms with Crippen molar-refractivity contribution in [3.63, 3.8) is 0 Å². The Morgan fingerprint density at radius 2 is 1.76 bits per heavy atom. The van der Waals surface area contributed by atoms with Gasteiger partial charge in [-0.15, -0.1) is 0 Å². The van der Waals surface area contributed by atoms with E-state index in [0.717, 1.165) is 55.0 Å². The number of hydrogen-bond donors (Lipinski definition) is 1. The highest BCUT2D eigenvalue weighted by Gasteiger charge is 2.37. The molecule has 3 aromatic rings. The van der Waals surface area contributed by atoms with Crippen molar-refractivity contribution in [2.45, 2.75) is 62.4 Å². The number of rotatable bonds is 9. The van der Waals surface area contributed by atoms with Gasteiger partial charge in [-0.25, -0.2) is 4.39 Å². The number of H-pyrrole nitrogens is 1. The molecule has 41 heavy (non-hydrogen) atoms. The van der Waals surface area contributed by atoms with E-state index in [0.29, 0.717) is 26.2 Å². The highest BCUT2D eigenvalue weighted by molar-refractivity contribution is 7.84. The summed E-state index contributed by atoms with van der Waals surface area (Å²) in [4.78, 5) is 4.50. The lowest BCUT2D eigenvalue weighted by Gasteiger charge is -2.42. The Bertz CT molecular complexity index is 1350. The fourth-order valence-corrected chi connectivity index (χ4v) is 5.94. The summed E-state index contributed by atoms with van der Waals surface area (Å²) >= 11 is 0. The van der Waals surface area contributed by atoms with Crippen molar-refractivity contribution in [3.8, 4) is 0 Å². The van der Waals surface area contributed by atoms with Gasteiger partial charge in [0, 0.05) is 41.6 Å². The maximum absolute atomic E-state index is 13.8. The van der Waals surface area contributed by atoms with Crippen LogP contribution in [0.1, 0.15) is 60.0 Å². The topological polar surface area (TPSA) is 83.6 Å². The van der Waals surface area contributed by atoms with Crippen LogP contribution in [0.2, 0.25) is 0 Å². The predicted molar refractivity (Wildman–Crippen MR) is 143 cm³/mol. The van der Waals surface area contributed by atoms with E-state index < -0.39 is 46.8 Å². The normalized spacial score (nSPS) is 22.2. The van der Waals surface area contributed by atoms with Gasteiger partial charge in [0.1, 0.15) is 17.2 Å². The molecule has 2 aliphatic heterocycles. The SMILES string of the molecule is C[C@@H](O[C@H]1OCCN(Cc2n[nH]nc2CN2CCCC2)[C@H]1c1ccc(F)cc1)c1cc(S(C)=O)cc(C(F)(F)F)c1. The number of nitrogens with zero attached hydrogens (tertiary/aromatic N) is 4. The highest BCUT2D eigenvalue weighted by atomic mass is 32.2. The van der Waals surface area contributed by atoms with Gasteiger partial charge in [-0.3, -0.25) is 14.0 Å². The second kappa shape index (κ2) is 12.7. The molecule has 8 nitrogen and oxygen atoms in total. The molecule has 5 rings (SSSR count). The van der Waals surface area contributed by atoms with Crippen LogP contribution in [0, 0.1) is 5.82 Å². The lowest BCUT2D eigenvalue weighted by molar-refractivity contribution is -0.231. The van der Waals surface area contributed by atoms with E-state index in [1.54, 1.807) is 19.1 Å². The Hall–Kier alpha value is -2.71. The van der Waals surface area contributed by atoms with Gasteiger partial charge >= 0.3 is 6.18 Å².